The molecular formula is C22H28Cl2O6. The zero-order chi connectivity index (χ0) is 22.8. The summed E-state index contributed by atoms with van der Waals surface area (Å²) in [5.74, 6) is -0.609. The fraction of sp³-hybridized carbons (Fsp3) is 0.364. The Bertz CT molecular complexity index is 688. The number of halogens is 2. The third-order valence-corrected chi connectivity index (χ3v) is 4.05. The summed E-state index contributed by atoms with van der Waals surface area (Å²) >= 11 is 11.5. The topological polar surface area (TPSA) is 93.1 Å². The summed E-state index contributed by atoms with van der Waals surface area (Å²) in [7, 11) is 0. The summed E-state index contributed by atoms with van der Waals surface area (Å²) in [5.41, 5.74) is 1.02. The van der Waals surface area contributed by atoms with Gasteiger partial charge in [-0.3, -0.25) is 10.5 Å². The average Bonchev–Trinajstić information content (AvgIpc) is 2.76. The molecule has 2 N–H and O–H groups in total. The van der Waals surface area contributed by atoms with E-state index in [1.165, 1.54) is 0 Å². The first-order valence-corrected chi connectivity index (χ1v) is 10.3. The first-order chi connectivity index (χ1) is 14.5. The Morgan fingerprint density at radius 2 is 1.13 bits per heavy atom. The van der Waals surface area contributed by atoms with Gasteiger partial charge in [0.1, 0.15) is 0 Å². The molecule has 0 aliphatic carbocycles. The van der Waals surface area contributed by atoms with Crippen molar-refractivity contribution in [3.05, 3.63) is 69.7 Å². The SMILES string of the molecule is CCCCOC(=O)c1cccc(Cl)c1.CCCCOC(=O)c1cccc(Cl)c1.OO. The standard InChI is InChI=1S/2C11H13ClO2.H2O2/c2*1-2-3-7-14-11(13)9-5-4-6-10(12)8-9;1-2/h2*4-6,8H,2-3,7H2,1H3;1-2H. The molecule has 0 heterocycles. The number of hydrogen-bond acceptors (Lipinski definition) is 6. The molecule has 30 heavy (non-hydrogen) atoms. The van der Waals surface area contributed by atoms with Crippen LogP contribution in [0.25, 0.3) is 0 Å². The molecule has 0 spiro atoms. The van der Waals surface area contributed by atoms with E-state index in [9.17, 15) is 9.59 Å². The molecule has 0 fully saturated rings. The summed E-state index contributed by atoms with van der Waals surface area (Å²) in [6.07, 6.45) is 3.82. The monoisotopic (exact) mass is 458 g/mol. The minimum Gasteiger partial charge on any atom is -0.462 e. The Morgan fingerprint density at radius 3 is 1.43 bits per heavy atom. The summed E-state index contributed by atoms with van der Waals surface area (Å²) < 4.78 is 10.1. The van der Waals surface area contributed by atoms with E-state index in [-0.39, 0.29) is 11.9 Å². The minimum atomic E-state index is -0.305. The number of esters is 2. The van der Waals surface area contributed by atoms with E-state index in [0.717, 1.165) is 25.7 Å². The van der Waals surface area contributed by atoms with Gasteiger partial charge in [0.2, 0.25) is 0 Å². The van der Waals surface area contributed by atoms with Crippen molar-refractivity contribution in [3.63, 3.8) is 0 Å². The van der Waals surface area contributed by atoms with Gasteiger partial charge in [0.15, 0.2) is 0 Å². The molecule has 6 nitrogen and oxygen atoms in total. The normalized spacial score (nSPS) is 9.40. The van der Waals surface area contributed by atoms with Crippen molar-refractivity contribution in [2.45, 2.75) is 39.5 Å². The second-order valence-electron chi connectivity index (χ2n) is 6.00. The van der Waals surface area contributed by atoms with Gasteiger partial charge in [-0.2, -0.15) is 0 Å². The van der Waals surface area contributed by atoms with Gasteiger partial charge < -0.3 is 9.47 Å². The predicted octanol–water partition coefficient (Wildman–Crippen LogP) is 6.61. The molecule has 0 bridgehead atoms. The highest BCUT2D eigenvalue weighted by atomic mass is 35.5. The first kappa shape index (κ1) is 27.9. The van der Waals surface area contributed by atoms with Crippen molar-refractivity contribution < 1.29 is 29.6 Å². The summed E-state index contributed by atoms with van der Waals surface area (Å²) in [6.45, 7) is 5.05. The van der Waals surface area contributed by atoms with Crippen LogP contribution in [0, 0.1) is 0 Å². The molecule has 2 aromatic carbocycles. The van der Waals surface area contributed by atoms with E-state index in [4.69, 9.17) is 43.2 Å². The van der Waals surface area contributed by atoms with Crippen molar-refractivity contribution in [3.8, 4) is 0 Å². The molecule has 8 heteroatoms. The fourth-order valence-corrected chi connectivity index (χ4v) is 2.40. The molecular weight excluding hydrogens is 431 g/mol. The van der Waals surface area contributed by atoms with E-state index in [1.54, 1.807) is 48.5 Å². The van der Waals surface area contributed by atoms with Crippen LogP contribution in [0.15, 0.2) is 48.5 Å². The van der Waals surface area contributed by atoms with Crippen LogP contribution < -0.4 is 0 Å². The third-order valence-electron chi connectivity index (χ3n) is 3.58. The zero-order valence-electron chi connectivity index (χ0n) is 17.1. The van der Waals surface area contributed by atoms with E-state index in [2.05, 4.69) is 0 Å². The molecule has 166 valence electrons. The maximum Gasteiger partial charge on any atom is 0.338 e. The van der Waals surface area contributed by atoms with Crippen LogP contribution in [0.5, 0.6) is 0 Å². The summed E-state index contributed by atoms with van der Waals surface area (Å²) in [6, 6.07) is 13.5. The number of carbonyl (C=O) groups is 2. The van der Waals surface area contributed by atoms with Gasteiger partial charge in [-0.05, 0) is 49.2 Å². The Morgan fingerprint density at radius 1 is 0.767 bits per heavy atom. The molecule has 0 amide bonds. The summed E-state index contributed by atoms with van der Waals surface area (Å²) in [4.78, 5) is 22.8. The Balaban J connectivity index is 0.000000518. The number of benzene rings is 2. The Labute approximate surface area is 187 Å². The lowest BCUT2D eigenvalue weighted by atomic mass is 10.2. The molecule has 2 aromatic rings. The van der Waals surface area contributed by atoms with Crippen molar-refractivity contribution >= 4 is 35.1 Å². The molecule has 0 saturated carbocycles. The lowest BCUT2D eigenvalue weighted by molar-refractivity contribution is -0.176. The number of carbonyl (C=O) groups excluding carboxylic acids is 2. The van der Waals surface area contributed by atoms with Crippen molar-refractivity contribution in [2.75, 3.05) is 13.2 Å². The van der Waals surface area contributed by atoms with E-state index in [0.29, 0.717) is 34.4 Å². The molecule has 0 saturated heterocycles. The molecule has 0 aliphatic heterocycles. The molecule has 2 rings (SSSR count). The van der Waals surface area contributed by atoms with Gasteiger partial charge in [0.05, 0.1) is 24.3 Å². The van der Waals surface area contributed by atoms with Crippen LogP contribution >= 0.6 is 23.2 Å². The molecule has 0 atom stereocenters. The third kappa shape index (κ3) is 12.4. The molecule has 0 aromatic heterocycles. The number of rotatable bonds is 8. The van der Waals surface area contributed by atoms with Gasteiger partial charge in [0.25, 0.3) is 0 Å². The van der Waals surface area contributed by atoms with Gasteiger partial charge >= 0.3 is 11.9 Å². The second kappa shape index (κ2) is 17.7. The van der Waals surface area contributed by atoms with Crippen LogP contribution in [0.4, 0.5) is 0 Å². The van der Waals surface area contributed by atoms with Crippen molar-refractivity contribution in [2.24, 2.45) is 0 Å². The Kier molecular flexibility index (Phi) is 16.5. The smallest absolute Gasteiger partial charge is 0.338 e. The lowest BCUT2D eigenvalue weighted by Gasteiger charge is -2.03. The van der Waals surface area contributed by atoms with Crippen LogP contribution in [0.1, 0.15) is 60.2 Å². The number of hydrogen-bond donors (Lipinski definition) is 2. The molecule has 0 aliphatic rings. The number of ether oxygens (including phenoxy) is 2. The van der Waals surface area contributed by atoms with Crippen LogP contribution in [0.2, 0.25) is 10.0 Å². The predicted molar refractivity (Wildman–Crippen MR) is 119 cm³/mol. The van der Waals surface area contributed by atoms with Crippen LogP contribution in [-0.4, -0.2) is 35.7 Å². The van der Waals surface area contributed by atoms with Crippen LogP contribution in [-0.2, 0) is 9.47 Å². The Hall–Kier alpha value is -2.12. The van der Waals surface area contributed by atoms with Gasteiger partial charge in [-0.15, -0.1) is 0 Å². The number of unbranched alkanes of at least 4 members (excludes halogenated alkanes) is 2. The molecule has 0 unspecified atom stereocenters. The maximum absolute atomic E-state index is 11.4. The largest absolute Gasteiger partial charge is 0.462 e. The average molecular weight is 459 g/mol. The van der Waals surface area contributed by atoms with Gasteiger partial charge in [0, 0.05) is 10.0 Å². The highest BCUT2D eigenvalue weighted by Gasteiger charge is 2.07. The van der Waals surface area contributed by atoms with E-state index in [1.807, 2.05) is 13.8 Å². The first-order valence-electron chi connectivity index (χ1n) is 9.53. The lowest BCUT2D eigenvalue weighted by Crippen LogP contribution is -2.05. The van der Waals surface area contributed by atoms with E-state index < -0.39 is 0 Å². The van der Waals surface area contributed by atoms with Gasteiger partial charge in [-0.25, -0.2) is 9.59 Å². The zero-order valence-corrected chi connectivity index (χ0v) is 18.7. The summed E-state index contributed by atoms with van der Waals surface area (Å²) in [5, 5.41) is 13.1. The second-order valence-corrected chi connectivity index (χ2v) is 6.87. The van der Waals surface area contributed by atoms with E-state index >= 15 is 0 Å². The highest BCUT2D eigenvalue weighted by molar-refractivity contribution is 6.31. The quantitative estimate of drug-likeness (QED) is 0.200. The molecule has 0 radical (unpaired) electrons. The maximum atomic E-state index is 11.4. The fourth-order valence-electron chi connectivity index (χ4n) is 2.02. The minimum absolute atomic E-state index is 0.305. The van der Waals surface area contributed by atoms with Crippen molar-refractivity contribution in [1.82, 2.24) is 0 Å². The van der Waals surface area contributed by atoms with Gasteiger partial charge in [-0.1, -0.05) is 62.0 Å². The highest BCUT2D eigenvalue weighted by Crippen LogP contribution is 2.12. The van der Waals surface area contributed by atoms with Crippen molar-refractivity contribution in [1.29, 1.82) is 0 Å². The van der Waals surface area contributed by atoms with Crippen LogP contribution in [0.3, 0.4) is 0 Å².